The van der Waals surface area contributed by atoms with Crippen LogP contribution in [0.25, 0.3) is 27.7 Å². The zero-order valence-corrected chi connectivity index (χ0v) is 11.1. The molecule has 0 saturated heterocycles. The number of imidazole rings is 1. The minimum Gasteiger partial charge on any atom is -0.281 e. The lowest BCUT2D eigenvalue weighted by atomic mass is 10.0. The molecule has 0 unspecified atom stereocenters. The molecule has 4 rings (SSSR count). The van der Waals surface area contributed by atoms with Crippen LogP contribution >= 0.6 is 0 Å². The maximum atomic E-state index is 11.3. The Morgan fingerprint density at radius 2 is 1.71 bits per heavy atom. The number of fused-ring (bicyclic) bond motifs is 2. The molecule has 0 atom stereocenters. The second-order valence-electron chi connectivity index (χ2n) is 4.83. The normalized spacial score (nSPS) is 11.0. The average molecular weight is 273 g/mol. The van der Waals surface area contributed by atoms with E-state index < -0.39 is 0 Å². The van der Waals surface area contributed by atoms with Crippen LogP contribution in [-0.2, 0) is 0 Å². The predicted octanol–water partition coefficient (Wildman–Crippen LogP) is 4.55. The maximum absolute atomic E-state index is 11.3. The van der Waals surface area contributed by atoms with Crippen LogP contribution in [0.15, 0.2) is 72.0 Å². The van der Waals surface area contributed by atoms with Crippen molar-refractivity contribution in [1.82, 2.24) is 9.38 Å². The van der Waals surface area contributed by atoms with E-state index in [2.05, 4.69) is 10.2 Å². The second kappa shape index (κ2) is 4.52. The van der Waals surface area contributed by atoms with Gasteiger partial charge in [-0.25, -0.2) is 4.98 Å². The van der Waals surface area contributed by atoms with E-state index in [1.54, 1.807) is 10.6 Å². The van der Waals surface area contributed by atoms with E-state index in [0.717, 1.165) is 22.0 Å². The molecule has 4 heteroatoms. The molecule has 0 aliphatic rings. The van der Waals surface area contributed by atoms with Gasteiger partial charge in [0, 0.05) is 11.8 Å². The van der Waals surface area contributed by atoms with Crippen LogP contribution in [0.4, 0.5) is 5.82 Å². The van der Waals surface area contributed by atoms with E-state index in [1.165, 1.54) is 0 Å². The molecular formula is C17H11N3O. The Morgan fingerprint density at radius 1 is 0.905 bits per heavy atom. The Kier molecular flexibility index (Phi) is 2.54. The summed E-state index contributed by atoms with van der Waals surface area (Å²) in [5.41, 5.74) is 2.26. The van der Waals surface area contributed by atoms with E-state index in [4.69, 9.17) is 0 Å². The van der Waals surface area contributed by atoms with Crippen molar-refractivity contribution in [3.05, 3.63) is 71.8 Å². The molecule has 4 aromatic rings. The quantitative estimate of drug-likeness (QED) is 0.503. The number of rotatable bonds is 2. The van der Waals surface area contributed by atoms with Gasteiger partial charge in [0.1, 0.15) is 11.3 Å². The third kappa shape index (κ3) is 1.73. The molecule has 0 spiro atoms. The van der Waals surface area contributed by atoms with Gasteiger partial charge in [0.25, 0.3) is 0 Å². The first-order chi connectivity index (χ1) is 10.4. The highest BCUT2D eigenvalue weighted by molar-refractivity contribution is 5.98. The number of aromatic nitrogens is 2. The van der Waals surface area contributed by atoms with E-state index in [1.807, 2.05) is 60.7 Å². The van der Waals surface area contributed by atoms with Crippen LogP contribution in [-0.4, -0.2) is 9.38 Å². The summed E-state index contributed by atoms with van der Waals surface area (Å²) in [6.45, 7) is 0. The van der Waals surface area contributed by atoms with Crippen LogP contribution in [0.1, 0.15) is 0 Å². The molecule has 2 heterocycles. The van der Waals surface area contributed by atoms with Crippen molar-refractivity contribution in [3.63, 3.8) is 0 Å². The first-order valence-corrected chi connectivity index (χ1v) is 6.67. The molecule has 0 radical (unpaired) electrons. The number of nitrogens with zero attached hydrogens (tertiary/aromatic N) is 3. The molecule has 0 amide bonds. The van der Waals surface area contributed by atoms with Crippen molar-refractivity contribution in [2.75, 3.05) is 0 Å². The van der Waals surface area contributed by atoms with Gasteiger partial charge in [-0.3, -0.25) is 4.40 Å². The Bertz CT molecular complexity index is 967. The number of benzene rings is 2. The monoisotopic (exact) mass is 273 g/mol. The van der Waals surface area contributed by atoms with Gasteiger partial charge in [0.15, 0.2) is 0 Å². The Labute approximate surface area is 120 Å². The van der Waals surface area contributed by atoms with Crippen molar-refractivity contribution in [2.45, 2.75) is 0 Å². The van der Waals surface area contributed by atoms with Gasteiger partial charge in [-0.15, -0.1) is 4.91 Å². The van der Waals surface area contributed by atoms with Crippen molar-refractivity contribution >= 4 is 22.2 Å². The summed E-state index contributed by atoms with van der Waals surface area (Å²) in [5, 5.41) is 5.37. The lowest BCUT2D eigenvalue weighted by Crippen LogP contribution is -1.82. The minimum absolute atomic E-state index is 0.335. The molecule has 0 aliphatic carbocycles. The summed E-state index contributed by atoms with van der Waals surface area (Å²) in [5.74, 6) is 0.335. The van der Waals surface area contributed by atoms with Gasteiger partial charge >= 0.3 is 0 Å². The first-order valence-electron chi connectivity index (χ1n) is 6.67. The van der Waals surface area contributed by atoms with Gasteiger partial charge < -0.3 is 0 Å². The summed E-state index contributed by atoms with van der Waals surface area (Å²) >= 11 is 0. The van der Waals surface area contributed by atoms with Crippen molar-refractivity contribution in [2.24, 2.45) is 5.18 Å². The zero-order valence-electron chi connectivity index (χ0n) is 11.1. The SMILES string of the molecule is O=Nc1c(-c2cccc3ccccc23)nc2ccccn12. The number of nitroso groups, excluding NO2 is 1. The smallest absolute Gasteiger partial charge is 0.209 e. The van der Waals surface area contributed by atoms with E-state index >= 15 is 0 Å². The summed E-state index contributed by atoms with van der Waals surface area (Å²) in [4.78, 5) is 15.9. The summed E-state index contributed by atoms with van der Waals surface area (Å²) in [6.07, 6.45) is 1.80. The van der Waals surface area contributed by atoms with Gasteiger partial charge in [0.05, 0.1) is 0 Å². The highest BCUT2D eigenvalue weighted by atomic mass is 16.3. The summed E-state index contributed by atoms with van der Waals surface area (Å²) in [7, 11) is 0. The Hall–Kier alpha value is -3.01. The lowest BCUT2D eigenvalue weighted by Gasteiger charge is -2.04. The van der Waals surface area contributed by atoms with Crippen molar-refractivity contribution in [3.8, 4) is 11.3 Å². The van der Waals surface area contributed by atoms with Crippen molar-refractivity contribution < 1.29 is 0 Å². The average Bonchev–Trinajstić information content (AvgIpc) is 2.92. The fourth-order valence-corrected chi connectivity index (χ4v) is 2.68. The molecule has 21 heavy (non-hydrogen) atoms. The zero-order chi connectivity index (χ0) is 14.2. The summed E-state index contributed by atoms with van der Waals surface area (Å²) < 4.78 is 1.71. The number of pyridine rings is 1. The molecule has 0 saturated carbocycles. The largest absolute Gasteiger partial charge is 0.281 e. The van der Waals surface area contributed by atoms with Crippen molar-refractivity contribution in [1.29, 1.82) is 0 Å². The molecule has 100 valence electrons. The van der Waals surface area contributed by atoms with Gasteiger partial charge in [-0.1, -0.05) is 48.5 Å². The lowest BCUT2D eigenvalue weighted by molar-refractivity contribution is 1.16. The molecule has 0 fully saturated rings. The molecule has 4 nitrogen and oxygen atoms in total. The predicted molar refractivity (Wildman–Crippen MR) is 83.6 cm³/mol. The maximum Gasteiger partial charge on any atom is 0.209 e. The van der Waals surface area contributed by atoms with Gasteiger partial charge in [-0.05, 0) is 28.1 Å². The molecule has 0 N–H and O–H groups in total. The molecule has 0 bridgehead atoms. The van der Waals surface area contributed by atoms with Gasteiger partial charge in [0.2, 0.25) is 5.82 Å². The van der Waals surface area contributed by atoms with Crippen LogP contribution in [0, 0.1) is 4.91 Å². The van der Waals surface area contributed by atoms with Crippen LogP contribution < -0.4 is 0 Å². The topological polar surface area (TPSA) is 46.7 Å². The minimum atomic E-state index is 0.335. The van der Waals surface area contributed by atoms with Crippen LogP contribution in [0.5, 0.6) is 0 Å². The molecular weight excluding hydrogens is 262 g/mol. The highest BCUT2D eigenvalue weighted by Gasteiger charge is 2.16. The van der Waals surface area contributed by atoms with Crippen LogP contribution in [0.2, 0.25) is 0 Å². The Morgan fingerprint density at radius 3 is 2.62 bits per heavy atom. The molecule has 0 aliphatic heterocycles. The Balaban J connectivity index is 2.11. The highest BCUT2D eigenvalue weighted by Crippen LogP contribution is 2.35. The van der Waals surface area contributed by atoms with Crippen LogP contribution in [0.3, 0.4) is 0 Å². The third-order valence-corrected chi connectivity index (χ3v) is 3.64. The van der Waals surface area contributed by atoms with E-state index in [-0.39, 0.29) is 0 Å². The third-order valence-electron chi connectivity index (χ3n) is 3.64. The standard InChI is InChI=1S/C17H11N3O/c21-19-17-16(18-15-10-3-4-11-20(15)17)14-9-5-7-12-6-1-2-8-13(12)14/h1-11H. The first kappa shape index (κ1) is 11.8. The summed E-state index contributed by atoms with van der Waals surface area (Å²) in [6, 6.07) is 19.7. The van der Waals surface area contributed by atoms with E-state index in [9.17, 15) is 4.91 Å². The fraction of sp³-hybridized carbons (Fsp3) is 0. The fourth-order valence-electron chi connectivity index (χ4n) is 2.68. The number of hydrogen-bond acceptors (Lipinski definition) is 3. The molecule has 2 aromatic carbocycles. The van der Waals surface area contributed by atoms with E-state index in [0.29, 0.717) is 11.5 Å². The second-order valence-corrected chi connectivity index (χ2v) is 4.83. The number of hydrogen-bond donors (Lipinski definition) is 0. The van der Waals surface area contributed by atoms with Gasteiger partial charge in [-0.2, -0.15) is 0 Å². The molecule has 2 aromatic heterocycles.